The summed E-state index contributed by atoms with van der Waals surface area (Å²) >= 11 is 0. The molecule has 0 atom stereocenters. The lowest BCUT2D eigenvalue weighted by Crippen LogP contribution is -2.36. The zero-order chi connectivity index (χ0) is 18.1. The number of nitrogens with one attached hydrogen (secondary N) is 1. The summed E-state index contributed by atoms with van der Waals surface area (Å²) < 4.78 is 5.49. The number of carbonyl (C=O) groups is 1. The molecule has 0 spiro atoms. The maximum absolute atomic E-state index is 12.5. The predicted molar refractivity (Wildman–Crippen MR) is 98.6 cm³/mol. The standard InChI is InChI=1S/C19H21N5O2/c1-12-22-23-19(26-12)14-3-4-15-11-20-17(10-16(15)9-14)21-18(25)13-5-7-24(2)8-6-13/h3-4,9-11,13H,5-8H2,1-2H3,(H,20,21,25). The van der Waals surface area contributed by atoms with E-state index in [4.69, 9.17) is 4.42 Å². The van der Waals surface area contributed by atoms with Gasteiger partial charge in [0.2, 0.25) is 17.7 Å². The second kappa shape index (κ2) is 6.84. The number of benzene rings is 1. The second-order valence-corrected chi connectivity index (χ2v) is 6.82. The van der Waals surface area contributed by atoms with Crippen LogP contribution in [0.3, 0.4) is 0 Å². The van der Waals surface area contributed by atoms with Gasteiger partial charge in [-0.15, -0.1) is 10.2 Å². The van der Waals surface area contributed by atoms with Crippen molar-refractivity contribution in [3.63, 3.8) is 0 Å². The molecular formula is C19H21N5O2. The van der Waals surface area contributed by atoms with Gasteiger partial charge in [-0.05, 0) is 56.6 Å². The molecule has 1 saturated heterocycles. The van der Waals surface area contributed by atoms with Crippen LogP contribution >= 0.6 is 0 Å². The number of rotatable bonds is 3. The highest BCUT2D eigenvalue weighted by molar-refractivity contribution is 5.94. The zero-order valence-corrected chi connectivity index (χ0v) is 14.9. The normalized spacial score (nSPS) is 16.1. The first kappa shape index (κ1) is 16.7. The van der Waals surface area contributed by atoms with Crippen molar-refractivity contribution in [1.29, 1.82) is 0 Å². The summed E-state index contributed by atoms with van der Waals surface area (Å²) in [4.78, 5) is 19.1. The number of piperidine rings is 1. The van der Waals surface area contributed by atoms with Crippen molar-refractivity contribution in [1.82, 2.24) is 20.1 Å². The molecule has 7 nitrogen and oxygen atoms in total. The van der Waals surface area contributed by atoms with E-state index in [9.17, 15) is 4.79 Å². The first-order chi connectivity index (χ1) is 12.6. The van der Waals surface area contributed by atoms with Gasteiger partial charge in [-0.3, -0.25) is 4.79 Å². The van der Waals surface area contributed by atoms with Crippen LogP contribution in [0.5, 0.6) is 0 Å². The van der Waals surface area contributed by atoms with Crippen LogP contribution in [-0.2, 0) is 4.79 Å². The summed E-state index contributed by atoms with van der Waals surface area (Å²) in [6.07, 6.45) is 3.54. The summed E-state index contributed by atoms with van der Waals surface area (Å²) in [6.45, 7) is 3.67. The fraction of sp³-hybridized carbons (Fsp3) is 0.368. The quantitative estimate of drug-likeness (QED) is 0.781. The molecule has 0 radical (unpaired) electrons. The molecule has 1 fully saturated rings. The van der Waals surface area contributed by atoms with Gasteiger partial charge in [0.05, 0.1) is 0 Å². The highest BCUT2D eigenvalue weighted by atomic mass is 16.4. The van der Waals surface area contributed by atoms with Gasteiger partial charge in [0, 0.05) is 30.0 Å². The second-order valence-electron chi connectivity index (χ2n) is 6.82. The van der Waals surface area contributed by atoms with Crippen molar-refractivity contribution < 1.29 is 9.21 Å². The third-order valence-corrected chi connectivity index (χ3v) is 4.84. The van der Waals surface area contributed by atoms with Crippen LogP contribution in [0.1, 0.15) is 18.7 Å². The molecule has 7 heteroatoms. The van der Waals surface area contributed by atoms with Crippen LogP contribution < -0.4 is 5.32 Å². The smallest absolute Gasteiger partial charge is 0.247 e. The van der Waals surface area contributed by atoms with Crippen LogP contribution in [0, 0.1) is 12.8 Å². The number of likely N-dealkylation sites (tertiary alicyclic amines) is 1. The summed E-state index contributed by atoms with van der Waals surface area (Å²) in [7, 11) is 2.08. The molecule has 0 bridgehead atoms. The fourth-order valence-corrected chi connectivity index (χ4v) is 3.25. The number of aromatic nitrogens is 3. The van der Waals surface area contributed by atoms with Crippen LogP contribution in [0.4, 0.5) is 5.82 Å². The summed E-state index contributed by atoms with van der Waals surface area (Å²) in [5.41, 5.74) is 0.844. The van der Waals surface area contributed by atoms with Crippen LogP contribution in [-0.4, -0.2) is 46.1 Å². The number of hydrogen-bond donors (Lipinski definition) is 1. The Morgan fingerprint density at radius 1 is 1.19 bits per heavy atom. The summed E-state index contributed by atoms with van der Waals surface area (Å²) in [6, 6.07) is 7.73. The molecule has 1 aliphatic heterocycles. The Labute approximate surface area is 151 Å². The molecular weight excluding hydrogens is 330 g/mol. The van der Waals surface area contributed by atoms with E-state index in [1.807, 2.05) is 24.3 Å². The van der Waals surface area contributed by atoms with Crippen LogP contribution in [0.25, 0.3) is 22.2 Å². The molecule has 3 aromatic rings. The van der Waals surface area contributed by atoms with Gasteiger partial charge in [0.1, 0.15) is 5.82 Å². The van der Waals surface area contributed by atoms with Gasteiger partial charge in [-0.1, -0.05) is 6.07 Å². The van der Waals surface area contributed by atoms with Crippen LogP contribution in [0.15, 0.2) is 34.9 Å². The maximum Gasteiger partial charge on any atom is 0.247 e. The zero-order valence-electron chi connectivity index (χ0n) is 14.9. The van der Waals surface area contributed by atoms with E-state index < -0.39 is 0 Å². The molecule has 0 saturated carbocycles. The number of nitrogens with zero attached hydrogens (tertiary/aromatic N) is 4. The largest absolute Gasteiger partial charge is 0.421 e. The summed E-state index contributed by atoms with van der Waals surface area (Å²) in [5.74, 6) is 1.68. The lowest BCUT2D eigenvalue weighted by molar-refractivity contribution is -0.121. The minimum absolute atomic E-state index is 0.0497. The summed E-state index contributed by atoms with van der Waals surface area (Å²) in [5, 5.41) is 12.8. The molecule has 2 aromatic heterocycles. The molecule has 3 heterocycles. The number of anilines is 1. The molecule has 1 N–H and O–H groups in total. The Balaban J connectivity index is 1.55. The van der Waals surface area contributed by atoms with Gasteiger partial charge in [-0.25, -0.2) is 4.98 Å². The van der Waals surface area contributed by atoms with Crippen molar-refractivity contribution in [2.75, 3.05) is 25.5 Å². The van der Waals surface area contributed by atoms with E-state index in [0.29, 0.717) is 17.6 Å². The topological polar surface area (TPSA) is 84.2 Å². The van der Waals surface area contributed by atoms with E-state index in [1.165, 1.54) is 0 Å². The Morgan fingerprint density at radius 2 is 2.00 bits per heavy atom. The fourth-order valence-electron chi connectivity index (χ4n) is 3.25. The van der Waals surface area contributed by atoms with E-state index in [0.717, 1.165) is 42.3 Å². The van der Waals surface area contributed by atoms with Crippen molar-refractivity contribution in [2.24, 2.45) is 5.92 Å². The molecule has 4 rings (SSSR count). The predicted octanol–water partition coefficient (Wildman–Crippen LogP) is 2.87. The van der Waals surface area contributed by atoms with Crippen molar-refractivity contribution >= 4 is 22.5 Å². The minimum Gasteiger partial charge on any atom is -0.421 e. The Kier molecular flexibility index (Phi) is 4.38. The third-order valence-electron chi connectivity index (χ3n) is 4.84. The van der Waals surface area contributed by atoms with Gasteiger partial charge in [0.15, 0.2) is 0 Å². The number of amides is 1. The van der Waals surface area contributed by atoms with Gasteiger partial charge < -0.3 is 14.6 Å². The van der Waals surface area contributed by atoms with Crippen molar-refractivity contribution in [2.45, 2.75) is 19.8 Å². The van der Waals surface area contributed by atoms with E-state index in [2.05, 4.69) is 32.4 Å². The number of pyridine rings is 1. The molecule has 0 unspecified atom stereocenters. The number of carbonyl (C=O) groups excluding carboxylic acids is 1. The molecule has 0 aliphatic carbocycles. The average molecular weight is 351 g/mol. The molecule has 1 aliphatic rings. The number of fused-ring (bicyclic) bond motifs is 1. The lowest BCUT2D eigenvalue weighted by atomic mass is 9.96. The first-order valence-electron chi connectivity index (χ1n) is 8.78. The molecule has 1 aromatic carbocycles. The van der Waals surface area contributed by atoms with Crippen molar-refractivity contribution in [3.05, 3.63) is 36.4 Å². The molecule has 1 amide bonds. The minimum atomic E-state index is 0.0497. The highest BCUT2D eigenvalue weighted by Crippen LogP contribution is 2.25. The highest BCUT2D eigenvalue weighted by Gasteiger charge is 2.23. The maximum atomic E-state index is 12.5. The van der Waals surface area contributed by atoms with E-state index in [1.54, 1.807) is 13.1 Å². The van der Waals surface area contributed by atoms with Crippen LogP contribution in [0.2, 0.25) is 0 Å². The monoisotopic (exact) mass is 351 g/mol. The van der Waals surface area contributed by atoms with E-state index >= 15 is 0 Å². The Bertz CT molecular complexity index is 944. The SMILES string of the molecule is Cc1nnc(-c2ccc3cnc(NC(=O)C4CCN(C)CC4)cc3c2)o1. The average Bonchev–Trinajstić information content (AvgIpc) is 3.08. The third kappa shape index (κ3) is 3.43. The van der Waals surface area contributed by atoms with Gasteiger partial charge in [0.25, 0.3) is 0 Å². The Hall–Kier alpha value is -2.80. The molecule has 26 heavy (non-hydrogen) atoms. The first-order valence-corrected chi connectivity index (χ1v) is 8.78. The van der Waals surface area contributed by atoms with Crippen molar-refractivity contribution in [3.8, 4) is 11.5 Å². The van der Waals surface area contributed by atoms with E-state index in [-0.39, 0.29) is 11.8 Å². The number of aryl methyl sites for hydroxylation is 1. The lowest BCUT2D eigenvalue weighted by Gasteiger charge is -2.27. The van der Waals surface area contributed by atoms with Gasteiger partial charge >= 0.3 is 0 Å². The number of hydrogen-bond acceptors (Lipinski definition) is 6. The van der Waals surface area contributed by atoms with Gasteiger partial charge in [-0.2, -0.15) is 0 Å². The molecule has 134 valence electrons. The Morgan fingerprint density at radius 3 is 2.73 bits per heavy atom.